The zero-order chi connectivity index (χ0) is 20.2. The van der Waals surface area contributed by atoms with Gasteiger partial charge in [-0.25, -0.2) is 4.98 Å². The van der Waals surface area contributed by atoms with Gasteiger partial charge in [-0.3, -0.25) is 15.1 Å². The van der Waals surface area contributed by atoms with E-state index in [0.717, 1.165) is 33.5 Å². The van der Waals surface area contributed by atoms with Crippen molar-refractivity contribution in [2.24, 2.45) is 4.99 Å². The maximum Gasteiger partial charge on any atom is 0.270 e. The van der Waals surface area contributed by atoms with Gasteiger partial charge < -0.3 is 4.42 Å². The van der Waals surface area contributed by atoms with Crippen molar-refractivity contribution in [3.8, 4) is 11.5 Å². The van der Waals surface area contributed by atoms with Crippen LogP contribution >= 0.6 is 0 Å². The number of fused-ring (bicyclic) bond motifs is 1. The van der Waals surface area contributed by atoms with E-state index in [-0.39, 0.29) is 5.69 Å². The van der Waals surface area contributed by atoms with Crippen LogP contribution in [0.5, 0.6) is 0 Å². The maximum atomic E-state index is 10.8. The highest BCUT2D eigenvalue weighted by atomic mass is 16.6. The van der Waals surface area contributed by atoms with Gasteiger partial charge in [0.05, 0.1) is 10.6 Å². The standard InChI is InChI=1S/C23H17N3O3/c1-16-7-12-21-22(14-16)29-23(25-21)18-8-10-19(11-9-18)24-13-3-5-17-4-2-6-20(15-17)26(27)28/h2-15H,1H3/b5-3+,24-13?. The van der Waals surface area contributed by atoms with Gasteiger partial charge in [-0.1, -0.05) is 24.3 Å². The summed E-state index contributed by atoms with van der Waals surface area (Å²) in [4.78, 5) is 19.3. The van der Waals surface area contributed by atoms with Crippen LogP contribution in [0.1, 0.15) is 11.1 Å². The Labute approximate surface area is 167 Å². The Hall–Kier alpha value is -4.06. The Morgan fingerprint density at radius 1 is 1.07 bits per heavy atom. The van der Waals surface area contributed by atoms with E-state index in [1.807, 2.05) is 49.4 Å². The molecular weight excluding hydrogens is 366 g/mol. The molecule has 0 aliphatic carbocycles. The molecule has 29 heavy (non-hydrogen) atoms. The first-order chi connectivity index (χ1) is 14.1. The molecule has 0 radical (unpaired) electrons. The van der Waals surface area contributed by atoms with Crippen LogP contribution in [0.4, 0.5) is 11.4 Å². The van der Waals surface area contributed by atoms with E-state index < -0.39 is 4.92 Å². The highest BCUT2D eigenvalue weighted by Gasteiger charge is 2.08. The molecule has 0 fully saturated rings. The van der Waals surface area contributed by atoms with Crippen molar-refractivity contribution in [1.29, 1.82) is 0 Å². The van der Waals surface area contributed by atoms with E-state index in [0.29, 0.717) is 5.89 Å². The van der Waals surface area contributed by atoms with Gasteiger partial charge in [0.2, 0.25) is 5.89 Å². The number of aryl methyl sites for hydroxylation is 1. The van der Waals surface area contributed by atoms with Crippen molar-refractivity contribution < 1.29 is 9.34 Å². The molecule has 142 valence electrons. The second-order valence-electron chi connectivity index (χ2n) is 6.53. The second kappa shape index (κ2) is 7.90. The van der Waals surface area contributed by atoms with Crippen LogP contribution in [0.15, 0.2) is 82.2 Å². The highest BCUT2D eigenvalue weighted by Crippen LogP contribution is 2.26. The lowest BCUT2D eigenvalue weighted by Crippen LogP contribution is -1.87. The number of allylic oxidation sites excluding steroid dienone is 1. The number of hydrogen-bond acceptors (Lipinski definition) is 5. The van der Waals surface area contributed by atoms with Gasteiger partial charge in [-0.05, 0) is 60.5 Å². The summed E-state index contributed by atoms with van der Waals surface area (Å²) in [6.07, 6.45) is 5.16. The van der Waals surface area contributed by atoms with Crippen LogP contribution in [0.25, 0.3) is 28.6 Å². The number of oxazole rings is 1. The summed E-state index contributed by atoms with van der Waals surface area (Å²) in [5.41, 5.74) is 5.20. The SMILES string of the molecule is Cc1ccc2nc(-c3ccc(N=C/C=C/c4cccc([N+](=O)[O-])c4)cc3)oc2c1. The lowest BCUT2D eigenvalue weighted by atomic mass is 10.2. The summed E-state index contributed by atoms with van der Waals surface area (Å²) in [6, 6.07) is 19.9. The van der Waals surface area contributed by atoms with Gasteiger partial charge in [0.1, 0.15) is 5.52 Å². The monoisotopic (exact) mass is 383 g/mol. The zero-order valence-electron chi connectivity index (χ0n) is 15.6. The first-order valence-electron chi connectivity index (χ1n) is 9.01. The van der Waals surface area contributed by atoms with E-state index in [1.54, 1.807) is 30.5 Å². The molecule has 0 atom stereocenters. The molecule has 0 saturated heterocycles. The Morgan fingerprint density at radius 3 is 2.69 bits per heavy atom. The number of nitro groups is 1. The molecule has 0 N–H and O–H groups in total. The molecule has 4 rings (SSSR count). The molecule has 6 heteroatoms. The normalized spacial score (nSPS) is 11.6. The van der Waals surface area contributed by atoms with Crippen molar-refractivity contribution in [1.82, 2.24) is 4.98 Å². The molecule has 0 spiro atoms. The fourth-order valence-electron chi connectivity index (χ4n) is 2.87. The number of non-ortho nitro benzene ring substituents is 1. The predicted molar refractivity (Wildman–Crippen MR) is 114 cm³/mol. The summed E-state index contributed by atoms with van der Waals surface area (Å²) >= 11 is 0. The smallest absolute Gasteiger partial charge is 0.270 e. The van der Waals surface area contributed by atoms with Gasteiger partial charge in [0.25, 0.3) is 5.69 Å². The van der Waals surface area contributed by atoms with E-state index in [2.05, 4.69) is 9.98 Å². The van der Waals surface area contributed by atoms with Gasteiger partial charge in [0, 0.05) is 23.9 Å². The Bertz CT molecular complexity index is 1240. The molecule has 1 aromatic heterocycles. The topological polar surface area (TPSA) is 81.5 Å². The molecule has 3 aromatic carbocycles. The lowest BCUT2D eigenvalue weighted by molar-refractivity contribution is -0.384. The average molecular weight is 383 g/mol. The van der Waals surface area contributed by atoms with Gasteiger partial charge >= 0.3 is 0 Å². The van der Waals surface area contributed by atoms with Crippen LogP contribution in [0, 0.1) is 17.0 Å². The van der Waals surface area contributed by atoms with Crippen LogP contribution in [0.2, 0.25) is 0 Å². The number of aromatic nitrogens is 1. The van der Waals surface area contributed by atoms with Gasteiger partial charge in [-0.2, -0.15) is 0 Å². The second-order valence-corrected chi connectivity index (χ2v) is 6.53. The number of nitro benzene ring substituents is 1. The summed E-state index contributed by atoms with van der Waals surface area (Å²) in [6.45, 7) is 2.02. The molecule has 4 aromatic rings. The number of hydrogen-bond donors (Lipinski definition) is 0. The molecule has 0 aliphatic rings. The number of aliphatic imine (C=N–C) groups is 1. The molecular formula is C23H17N3O3. The van der Waals surface area contributed by atoms with Gasteiger partial charge in [0.15, 0.2) is 5.58 Å². The summed E-state index contributed by atoms with van der Waals surface area (Å²) in [5.74, 6) is 0.576. The molecule has 0 aliphatic heterocycles. The number of benzene rings is 3. The van der Waals surface area contributed by atoms with Crippen LogP contribution in [-0.4, -0.2) is 16.1 Å². The summed E-state index contributed by atoms with van der Waals surface area (Å²) < 4.78 is 5.84. The Kier molecular flexibility index (Phi) is 4.99. The Balaban J connectivity index is 1.46. The molecule has 1 heterocycles. The molecule has 0 saturated carbocycles. The summed E-state index contributed by atoms with van der Waals surface area (Å²) in [5, 5.41) is 10.8. The molecule has 0 unspecified atom stereocenters. The molecule has 6 nitrogen and oxygen atoms in total. The van der Waals surface area contributed by atoms with E-state index in [4.69, 9.17) is 4.42 Å². The quantitative estimate of drug-likeness (QED) is 0.236. The first-order valence-corrected chi connectivity index (χ1v) is 9.01. The Morgan fingerprint density at radius 2 is 1.90 bits per heavy atom. The van der Waals surface area contributed by atoms with E-state index in [9.17, 15) is 10.1 Å². The van der Waals surface area contributed by atoms with Crippen molar-refractivity contribution in [2.75, 3.05) is 0 Å². The molecule has 0 bridgehead atoms. The fourth-order valence-corrected chi connectivity index (χ4v) is 2.87. The van der Waals surface area contributed by atoms with Crippen LogP contribution < -0.4 is 0 Å². The largest absolute Gasteiger partial charge is 0.436 e. The van der Waals surface area contributed by atoms with E-state index in [1.165, 1.54) is 12.1 Å². The van der Waals surface area contributed by atoms with Crippen molar-refractivity contribution >= 4 is 34.8 Å². The predicted octanol–water partition coefficient (Wildman–Crippen LogP) is 6.13. The zero-order valence-corrected chi connectivity index (χ0v) is 15.6. The van der Waals surface area contributed by atoms with Crippen LogP contribution in [0.3, 0.4) is 0 Å². The van der Waals surface area contributed by atoms with Crippen molar-refractivity contribution in [3.63, 3.8) is 0 Å². The highest BCUT2D eigenvalue weighted by molar-refractivity contribution is 5.81. The number of rotatable bonds is 5. The summed E-state index contributed by atoms with van der Waals surface area (Å²) in [7, 11) is 0. The maximum absolute atomic E-state index is 10.8. The minimum Gasteiger partial charge on any atom is -0.436 e. The average Bonchev–Trinajstić information content (AvgIpc) is 3.15. The minimum atomic E-state index is -0.412. The third kappa shape index (κ3) is 4.27. The fraction of sp³-hybridized carbons (Fsp3) is 0.0435. The van der Waals surface area contributed by atoms with Crippen molar-refractivity contribution in [3.05, 3.63) is 94.0 Å². The van der Waals surface area contributed by atoms with Crippen molar-refractivity contribution in [2.45, 2.75) is 6.92 Å². The molecule has 0 amide bonds. The van der Waals surface area contributed by atoms with Crippen LogP contribution in [-0.2, 0) is 0 Å². The number of nitrogens with zero attached hydrogens (tertiary/aromatic N) is 3. The third-order valence-corrected chi connectivity index (χ3v) is 4.34. The first kappa shape index (κ1) is 18.3. The lowest BCUT2D eigenvalue weighted by Gasteiger charge is -1.96. The van der Waals surface area contributed by atoms with E-state index >= 15 is 0 Å². The third-order valence-electron chi connectivity index (χ3n) is 4.34. The van der Waals surface area contributed by atoms with Gasteiger partial charge in [-0.15, -0.1) is 0 Å². The minimum absolute atomic E-state index is 0.0639.